The molecule has 0 saturated carbocycles. The highest BCUT2D eigenvalue weighted by Crippen LogP contribution is 2.28. The van der Waals surface area contributed by atoms with Gasteiger partial charge in [-0.05, 0) is 31.7 Å². The second kappa shape index (κ2) is 9.57. The Hall–Kier alpha value is -2.08. The summed E-state index contributed by atoms with van der Waals surface area (Å²) in [5.41, 5.74) is 1.15. The molecule has 2 heterocycles. The number of nitrogens with zero attached hydrogens (tertiary/aromatic N) is 4. The molecular formula is C20H26N4OS. The van der Waals surface area contributed by atoms with E-state index in [1.165, 1.54) is 31.0 Å². The zero-order chi connectivity index (χ0) is 18.2. The third-order valence-electron chi connectivity index (χ3n) is 4.59. The Bertz CT molecular complexity index is 704. The van der Waals surface area contributed by atoms with Crippen molar-refractivity contribution in [3.8, 4) is 0 Å². The molecule has 0 unspecified atom stereocenters. The number of aromatic nitrogens is 2. The summed E-state index contributed by atoms with van der Waals surface area (Å²) in [5.74, 6) is 1.45. The minimum Gasteiger partial charge on any atom is -0.354 e. The molecule has 26 heavy (non-hydrogen) atoms. The number of anilines is 1. The zero-order valence-electron chi connectivity index (χ0n) is 15.3. The van der Waals surface area contributed by atoms with Gasteiger partial charge in [0.15, 0.2) is 5.82 Å². The molecule has 138 valence electrons. The van der Waals surface area contributed by atoms with E-state index in [0.717, 1.165) is 29.5 Å². The van der Waals surface area contributed by atoms with Gasteiger partial charge in [-0.1, -0.05) is 42.1 Å². The quantitative estimate of drug-likeness (QED) is 0.697. The summed E-state index contributed by atoms with van der Waals surface area (Å²) in [7, 11) is 0. The normalized spacial score (nSPS) is 14.3. The fourth-order valence-electron chi connectivity index (χ4n) is 3.14. The Balaban J connectivity index is 1.61. The molecule has 2 aromatic rings. The van der Waals surface area contributed by atoms with Crippen LogP contribution < -0.4 is 4.90 Å². The largest absolute Gasteiger partial charge is 0.354 e. The fraction of sp³-hybridized carbons (Fsp3) is 0.450. The molecular weight excluding hydrogens is 344 g/mol. The molecule has 1 fully saturated rings. The summed E-state index contributed by atoms with van der Waals surface area (Å²) < 4.78 is 0. The van der Waals surface area contributed by atoms with Crippen LogP contribution in [0, 0.1) is 0 Å². The molecule has 0 bridgehead atoms. The molecule has 6 heteroatoms. The van der Waals surface area contributed by atoms with Crippen molar-refractivity contribution in [1.29, 1.82) is 0 Å². The maximum absolute atomic E-state index is 12.7. The van der Waals surface area contributed by atoms with E-state index < -0.39 is 0 Å². The van der Waals surface area contributed by atoms with Crippen molar-refractivity contribution in [3.63, 3.8) is 0 Å². The number of thioether (sulfide) groups is 1. The van der Waals surface area contributed by atoms with Crippen molar-refractivity contribution < 1.29 is 4.79 Å². The molecule has 0 radical (unpaired) electrons. The third kappa shape index (κ3) is 4.97. The first-order valence-electron chi connectivity index (χ1n) is 9.28. The molecule has 3 rings (SSSR count). The minimum atomic E-state index is 0.136. The average molecular weight is 371 g/mol. The Morgan fingerprint density at radius 2 is 1.85 bits per heavy atom. The van der Waals surface area contributed by atoms with E-state index in [2.05, 4.69) is 27.0 Å². The molecule has 0 spiro atoms. The van der Waals surface area contributed by atoms with Crippen molar-refractivity contribution in [2.24, 2.45) is 0 Å². The summed E-state index contributed by atoms with van der Waals surface area (Å²) >= 11 is 1.50. The van der Waals surface area contributed by atoms with Gasteiger partial charge in [-0.3, -0.25) is 4.79 Å². The van der Waals surface area contributed by atoms with Crippen LogP contribution in [0.1, 0.15) is 31.7 Å². The summed E-state index contributed by atoms with van der Waals surface area (Å²) in [4.78, 5) is 25.9. The van der Waals surface area contributed by atoms with Crippen LogP contribution in [-0.2, 0) is 11.3 Å². The molecule has 1 aliphatic heterocycles. The highest BCUT2D eigenvalue weighted by Gasteiger charge is 2.19. The first-order chi connectivity index (χ1) is 12.8. The van der Waals surface area contributed by atoms with E-state index >= 15 is 0 Å². The average Bonchev–Trinajstić information content (AvgIpc) is 2.72. The number of amides is 1. The zero-order valence-corrected chi connectivity index (χ0v) is 16.1. The fourth-order valence-corrected chi connectivity index (χ4v) is 4.03. The van der Waals surface area contributed by atoms with E-state index in [9.17, 15) is 4.79 Å². The van der Waals surface area contributed by atoms with E-state index in [1.54, 1.807) is 12.4 Å². The van der Waals surface area contributed by atoms with Crippen LogP contribution in [0.4, 0.5) is 5.82 Å². The van der Waals surface area contributed by atoms with Crippen LogP contribution in [0.5, 0.6) is 0 Å². The topological polar surface area (TPSA) is 49.3 Å². The molecule has 1 amide bonds. The first-order valence-corrected chi connectivity index (χ1v) is 10.3. The van der Waals surface area contributed by atoms with Gasteiger partial charge in [-0.25, -0.2) is 9.97 Å². The summed E-state index contributed by atoms with van der Waals surface area (Å²) in [5, 5.41) is 0.860. The van der Waals surface area contributed by atoms with Crippen molar-refractivity contribution in [2.45, 2.75) is 37.8 Å². The molecule has 0 atom stereocenters. The van der Waals surface area contributed by atoms with E-state index in [-0.39, 0.29) is 5.91 Å². The van der Waals surface area contributed by atoms with Crippen LogP contribution >= 0.6 is 11.8 Å². The van der Waals surface area contributed by atoms with Gasteiger partial charge < -0.3 is 9.80 Å². The maximum Gasteiger partial charge on any atom is 0.233 e. The third-order valence-corrected chi connectivity index (χ3v) is 5.54. The SMILES string of the molecule is CCN(Cc1ccccc1)C(=O)CSc1nccnc1N1CCCCC1. The summed E-state index contributed by atoms with van der Waals surface area (Å²) in [6.07, 6.45) is 7.12. The predicted molar refractivity (Wildman–Crippen MR) is 106 cm³/mol. The van der Waals surface area contributed by atoms with Gasteiger partial charge in [0.25, 0.3) is 0 Å². The smallest absolute Gasteiger partial charge is 0.233 e. The highest BCUT2D eigenvalue weighted by atomic mass is 32.2. The lowest BCUT2D eigenvalue weighted by Gasteiger charge is -2.28. The Labute approximate surface area is 159 Å². The van der Waals surface area contributed by atoms with Crippen molar-refractivity contribution in [1.82, 2.24) is 14.9 Å². The molecule has 0 aliphatic carbocycles. The molecule has 1 saturated heterocycles. The number of hydrogen-bond acceptors (Lipinski definition) is 5. The van der Waals surface area contributed by atoms with E-state index in [1.807, 2.05) is 30.0 Å². The highest BCUT2D eigenvalue weighted by molar-refractivity contribution is 8.00. The van der Waals surface area contributed by atoms with Gasteiger partial charge in [0, 0.05) is 38.6 Å². The summed E-state index contributed by atoms with van der Waals surface area (Å²) in [6.45, 7) is 5.42. The lowest BCUT2D eigenvalue weighted by molar-refractivity contribution is -0.128. The van der Waals surface area contributed by atoms with Crippen molar-refractivity contribution in [3.05, 3.63) is 48.3 Å². The van der Waals surface area contributed by atoms with Crippen molar-refractivity contribution in [2.75, 3.05) is 30.3 Å². The second-order valence-corrected chi connectivity index (χ2v) is 7.38. The number of hydrogen-bond donors (Lipinski definition) is 0. The Kier molecular flexibility index (Phi) is 6.89. The number of rotatable bonds is 7. The standard InChI is InChI=1S/C20H26N4OS/c1-2-23(15-17-9-5-3-6-10-17)18(25)16-26-20-19(21-11-12-22-20)24-13-7-4-8-14-24/h3,5-6,9-12H,2,4,7-8,13-16H2,1H3. The van der Waals surface area contributed by atoms with Crippen LogP contribution in [0.2, 0.25) is 0 Å². The van der Waals surface area contributed by atoms with Crippen LogP contribution in [0.25, 0.3) is 0 Å². The number of carbonyl (C=O) groups excluding carboxylic acids is 1. The number of piperidine rings is 1. The minimum absolute atomic E-state index is 0.136. The lowest BCUT2D eigenvalue weighted by Crippen LogP contribution is -2.32. The molecule has 0 N–H and O–H groups in total. The molecule has 1 aliphatic rings. The van der Waals surface area contributed by atoms with Crippen LogP contribution in [0.15, 0.2) is 47.8 Å². The number of benzene rings is 1. The molecule has 5 nitrogen and oxygen atoms in total. The van der Waals surface area contributed by atoms with E-state index in [0.29, 0.717) is 18.8 Å². The van der Waals surface area contributed by atoms with Gasteiger partial charge in [0.2, 0.25) is 5.91 Å². The second-order valence-electron chi connectivity index (χ2n) is 6.41. The van der Waals surface area contributed by atoms with Gasteiger partial charge >= 0.3 is 0 Å². The monoisotopic (exact) mass is 370 g/mol. The Morgan fingerprint density at radius 1 is 1.12 bits per heavy atom. The molecule has 1 aromatic heterocycles. The van der Waals surface area contributed by atoms with Crippen LogP contribution in [-0.4, -0.2) is 46.2 Å². The lowest BCUT2D eigenvalue weighted by atomic mass is 10.1. The number of carbonyl (C=O) groups is 1. The van der Waals surface area contributed by atoms with Gasteiger partial charge in [-0.15, -0.1) is 0 Å². The Morgan fingerprint density at radius 3 is 2.58 bits per heavy atom. The first kappa shape index (κ1) is 18.7. The van der Waals surface area contributed by atoms with E-state index in [4.69, 9.17) is 0 Å². The van der Waals surface area contributed by atoms with Gasteiger partial charge in [-0.2, -0.15) is 0 Å². The van der Waals surface area contributed by atoms with Gasteiger partial charge in [0.05, 0.1) is 5.75 Å². The molecule has 1 aromatic carbocycles. The maximum atomic E-state index is 12.7. The predicted octanol–water partition coefficient (Wildman–Crippen LogP) is 3.61. The van der Waals surface area contributed by atoms with Crippen molar-refractivity contribution >= 4 is 23.5 Å². The van der Waals surface area contributed by atoms with Crippen LogP contribution in [0.3, 0.4) is 0 Å². The summed E-state index contributed by atoms with van der Waals surface area (Å²) in [6, 6.07) is 10.1. The van der Waals surface area contributed by atoms with Gasteiger partial charge in [0.1, 0.15) is 5.03 Å².